The SMILES string of the molecule is C#CCCC[C@@H](NC(=O)c1cccc(F)c1)C(N)=O. The van der Waals surface area contributed by atoms with Crippen molar-refractivity contribution in [2.24, 2.45) is 5.73 Å². The lowest BCUT2D eigenvalue weighted by Crippen LogP contribution is -2.44. The number of amides is 2. The Kier molecular flexibility index (Phi) is 5.55. The quantitative estimate of drug-likeness (QED) is 0.597. The van der Waals surface area contributed by atoms with Gasteiger partial charge >= 0.3 is 0 Å². The molecule has 0 aliphatic heterocycles. The number of carbonyl (C=O) groups excluding carboxylic acids is 2. The highest BCUT2D eigenvalue weighted by atomic mass is 19.1. The van der Waals surface area contributed by atoms with E-state index in [1.807, 2.05) is 0 Å². The molecular formula is C14H15FN2O2. The lowest BCUT2D eigenvalue weighted by Gasteiger charge is -2.14. The molecule has 0 heterocycles. The van der Waals surface area contributed by atoms with Crippen LogP contribution in [0.5, 0.6) is 0 Å². The Morgan fingerprint density at radius 2 is 2.21 bits per heavy atom. The van der Waals surface area contributed by atoms with Crippen molar-refractivity contribution < 1.29 is 14.0 Å². The van der Waals surface area contributed by atoms with Crippen LogP contribution < -0.4 is 11.1 Å². The number of carbonyl (C=O) groups is 2. The summed E-state index contributed by atoms with van der Waals surface area (Å²) in [6.07, 6.45) is 6.54. The standard InChI is InChI=1S/C14H15FN2O2/c1-2-3-4-8-12(13(16)18)17-14(19)10-6-5-7-11(15)9-10/h1,5-7,9,12H,3-4,8H2,(H2,16,18)(H,17,19)/t12-/m1/s1. The molecule has 0 aromatic heterocycles. The minimum atomic E-state index is -0.802. The summed E-state index contributed by atoms with van der Waals surface area (Å²) >= 11 is 0. The molecule has 1 aromatic rings. The summed E-state index contributed by atoms with van der Waals surface area (Å²) in [7, 11) is 0. The van der Waals surface area contributed by atoms with Crippen molar-refractivity contribution in [3.63, 3.8) is 0 Å². The van der Waals surface area contributed by atoms with E-state index in [4.69, 9.17) is 12.2 Å². The maximum absolute atomic E-state index is 13.0. The van der Waals surface area contributed by atoms with Crippen molar-refractivity contribution in [3.05, 3.63) is 35.6 Å². The van der Waals surface area contributed by atoms with E-state index in [0.29, 0.717) is 19.3 Å². The van der Waals surface area contributed by atoms with Gasteiger partial charge in [-0.3, -0.25) is 9.59 Å². The molecule has 0 saturated carbocycles. The van der Waals surface area contributed by atoms with Crippen LogP contribution in [0, 0.1) is 18.2 Å². The van der Waals surface area contributed by atoms with Gasteiger partial charge in [-0.15, -0.1) is 12.3 Å². The molecule has 1 aromatic carbocycles. The zero-order chi connectivity index (χ0) is 14.3. The number of benzene rings is 1. The van der Waals surface area contributed by atoms with Gasteiger partial charge in [0.2, 0.25) is 5.91 Å². The van der Waals surface area contributed by atoms with Gasteiger partial charge in [0, 0.05) is 12.0 Å². The van der Waals surface area contributed by atoms with Crippen LogP contribution in [0.3, 0.4) is 0 Å². The topological polar surface area (TPSA) is 72.2 Å². The van der Waals surface area contributed by atoms with Gasteiger partial charge in [-0.2, -0.15) is 0 Å². The zero-order valence-electron chi connectivity index (χ0n) is 10.4. The first-order valence-electron chi connectivity index (χ1n) is 5.84. The Labute approximate surface area is 111 Å². The lowest BCUT2D eigenvalue weighted by atomic mass is 10.1. The van der Waals surface area contributed by atoms with E-state index in [0.717, 1.165) is 6.07 Å². The predicted molar refractivity (Wildman–Crippen MR) is 69.5 cm³/mol. The highest BCUT2D eigenvalue weighted by Crippen LogP contribution is 2.06. The fourth-order valence-corrected chi connectivity index (χ4v) is 1.57. The molecule has 0 saturated heterocycles. The van der Waals surface area contributed by atoms with Gasteiger partial charge in [0.25, 0.3) is 5.91 Å². The van der Waals surface area contributed by atoms with Crippen molar-refractivity contribution in [3.8, 4) is 12.3 Å². The van der Waals surface area contributed by atoms with Gasteiger partial charge in [-0.1, -0.05) is 6.07 Å². The zero-order valence-corrected chi connectivity index (χ0v) is 10.4. The molecule has 5 heteroatoms. The van der Waals surface area contributed by atoms with Gasteiger partial charge in [0.15, 0.2) is 0 Å². The Balaban J connectivity index is 2.66. The molecule has 0 aliphatic carbocycles. The Morgan fingerprint density at radius 1 is 1.47 bits per heavy atom. The summed E-state index contributed by atoms with van der Waals surface area (Å²) in [5, 5.41) is 2.47. The summed E-state index contributed by atoms with van der Waals surface area (Å²) < 4.78 is 13.0. The molecule has 2 amide bonds. The van der Waals surface area contributed by atoms with E-state index in [9.17, 15) is 14.0 Å². The number of primary amides is 1. The second kappa shape index (κ2) is 7.17. The number of hydrogen-bond acceptors (Lipinski definition) is 2. The first-order chi connectivity index (χ1) is 9.04. The van der Waals surface area contributed by atoms with Crippen LogP contribution in [-0.4, -0.2) is 17.9 Å². The molecule has 4 nitrogen and oxygen atoms in total. The van der Waals surface area contributed by atoms with Crippen molar-refractivity contribution in [2.75, 3.05) is 0 Å². The molecular weight excluding hydrogens is 247 g/mol. The Hall–Kier alpha value is -2.35. The third-order valence-electron chi connectivity index (χ3n) is 2.55. The van der Waals surface area contributed by atoms with Crippen LogP contribution in [0.4, 0.5) is 4.39 Å². The Bertz CT molecular complexity index is 508. The van der Waals surface area contributed by atoms with Crippen LogP contribution >= 0.6 is 0 Å². The summed E-state index contributed by atoms with van der Waals surface area (Å²) in [6.45, 7) is 0. The smallest absolute Gasteiger partial charge is 0.252 e. The molecule has 0 spiro atoms. The third-order valence-corrected chi connectivity index (χ3v) is 2.55. The van der Waals surface area contributed by atoms with Crippen LogP contribution in [0.1, 0.15) is 29.6 Å². The molecule has 0 radical (unpaired) electrons. The van der Waals surface area contributed by atoms with Crippen LogP contribution in [0.25, 0.3) is 0 Å². The molecule has 0 unspecified atom stereocenters. The fourth-order valence-electron chi connectivity index (χ4n) is 1.57. The largest absolute Gasteiger partial charge is 0.368 e. The molecule has 100 valence electrons. The van der Waals surface area contributed by atoms with Crippen molar-refractivity contribution in [2.45, 2.75) is 25.3 Å². The van der Waals surface area contributed by atoms with Crippen molar-refractivity contribution >= 4 is 11.8 Å². The second-order valence-corrected chi connectivity index (χ2v) is 4.04. The molecule has 3 N–H and O–H groups in total. The number of rotatable bonds is 6. The van der Waals surface area contributed by atoms with E-state index in [-0.39, 0.29) is 5.56 Å². The minimum Gasteiger partial charge on any atom is -0.368 e. The number of unbranched alkanes of at least 4 members (excludes halogenated alkanes) is 1. The molecule has 1 rings (SSSR count). The van der Waals surface area contributed by atoms with Gasteiger partial charge in [0.05, 0.1) is 0 Å². The van der Waals surface area contributed by atoms with Gasteiger partial charge in [-0.25, -0.2) is 4.39 Å². The number of nitrogens with two attached hydrogens (primary N) is 1. The summed E-state index contributed by atoms with van der Waals surface area (Å²) in [6, 6.07) is 4.40. The lowest BCUT2D eigenvalue weighted by molar-refractivity contribution is -0.120. The Morgan fingerprint density at radius 3 is 2.79 bits per heavy atom. The van der Waals surface area contributed by atoms with Crippen molar-refractivity contribution in [1.29, 1.82) is 0 Å². The molecule has 19 heavy (non-hydrogen) atoms. The molecule has 0 aliphatic rings. The highest BCUT2D eigenvalue weighted by Gasteiger charge is 2.18. The normalized spacial score (nSPS) is 11.4. The van der Waals surface area contributed by atoms with E-state index in [1.54, 1.807) is 0 Å². The maximum Gasteiger partial charge on any atom is 0.252 e. The predicted octanol–water partition coefficient (Wildman–Crippen LogP) is 1.21. The van der Waals surface area contributed by atoms with E-state index < -0.39 is 23.7 Å². The van der Waals surface area contributed by atoms with Crippen LogP contribution in [0.2, 0.25) is 0 Å². The van der Waals surface area contributed by atoms with Gasteiger partial charge in [-0.05, 0) is 31.0 Å². The van der Waals surface area contributed by atoms with Crippen LogP contribution in [0.15, 0.2) is 24.3 Å². The number of halogens is 1. The average Bonchev–Trinajstić information content (AvgIpc) is 2.37. The van der Waals surface area contributed by atoms with Crippen LogP contribution in [-0.2, 0) is 4.79 Å². The number of nitrogens with one attached hydrogen (secondary N) is 1. The number of terminal acetylenes is 1. The summed E-state index contributed by atoms with van der Waals surface area (Å²) in [5.41, 5.74) is 5.34. The van der Waals surface area contributed by atoms with Gasteiger partial charge < -0.3 is 11.1 Å². The number of hydrogen-bond donors (Lipinski definition) is 2. The first kappa shape index (κ1) is 14.7. The average molecular weight is 262 g/mol. The first-order valence-corrected chi connectivity index (χ1v) is 5.84. The minimum absolute atomic E-state index is 0.142. The third kappa shape index (κ3) is 4.80. The van der Waals surface area contributed by atoms with E-state index in [1.165, 1.54) is 18.2 Å². The fraction of sp³-hybridized carbons (Fsp3) is 0.286. The molecule has 1 atom stereocenters. The van der Waals surface area contributed by atoms with Crippen molar-refractivity contribution in [1.82, 2.24) is 5.32 Å². The highest BCUT2D eigenvalue weighted by molar-refractivity contribution is 5.97. The van der Waals surface area contributed by atoms with E-state index in [2.05, 4.69) is 11.2 Å². The summed E-state index contributed by atoms with van der Waals surface area (Å²) in [5.74, 6) is 0.747. The summed E-state index contributed by atoms with van der Waals surface area (Å²) in [4.78, 5) is 23.0. The molecule has 0 bridgehead atoms. The second-order valence-electron chi connectivity index (χ2n) is 4.04. The van der Waals surface area contributed by atoms with E-state index >= 15 is 0 Å². The maximum atomic E-state index is 13.0. The monoisotopic (exact) mass is 262 g/mol. The molecule has 0 fully saturated rings. The van der Waals surface area contributed by atoms with Gasteiger partial charge in [0.1, 0.15) is 11.9 Å².